The molecule has 1 aliphatic heterocycles. The van der Waals surface area contributed by atoms with Crippen LogP contribution in [0.25, 0.3) is 0 Å². The van der Waals surface area contributed by atoms with Gasteiger partial charge in [-0.05, 0) is 31.1 Å². The highest BCUT2D eigenvalue weighted by atomic mass is 32.2. The summed E-state index contributed by atoms with van der Waals surface area (Å²) in [5.74, 6) is 0. The van der Waals surface area contributed by atoms with Crippen molar-refractivity contribution >= 4 is 11.8 Å². The molecule has 1 aromatic rings. The molecular formula is C15H24N2S. The van der Waals surface area contributed by atoms with Gasteiger partial charge in [0.05, 0.1) is 0 Å². The van der Waals surface area contributed by atoms with Crippen LogP contribution in [0.4, 0.5) is 0 Å². The van der Waals surface area contributed by atoms with E-state index in [2.05, 4.69) is 48.3 Å². The third-order valence-corrected chi connectivity index (χ3v) is 4.90. The molecule has 1 aliphatic rings. The van der Waals surface area contributed by atoms with Crippen LogP contribution < -0.4 is 5.32 Å². The molecule has 18 heavy (non-hydrogen) atoms. The van der Waals surface area contributed by atoms with Gasteiger partial charge in [0.25, 0.3) is 0 Å². The number of likely N-dealkylation sites (N-methyl/N-ethyl adjacent to an activating group) is 1. The normalized spacial score (nSPS) is 18.3. The molecule has 0 aliphatic carbocycles. The number of benzene rings is 1. The Morgan fingerprint density at radius 2 is 2.06 bits per heavy atom. The van der Waals surface area contributed by atoms with E-state index in [0.717, 1.165) is 38.0 Å². The molecule has 1 N–H and O–H groups in total. The summed E-state index contributed by atoms with van der Waals surface area (Å²) in [7, 11) is 0. The molecular weight excluding hydrogens is 240 g/mol. The van der Waals surface area contributed by atoms with Crippen molar-refractivity contribution in [3.05, 3.63) is 29.8 Å². The van der Waals surface area contributed by atoms with Gasteiger partial charge in [0.1, 0.15) is 0 Å². The van der Waals surface area contributed by atoms with Crippen LogP contribution in [-0.2, 0) is 6.42 Å². The fourth-order valence-corrected chi connectivity index (χ4v) is 3.69. The van der Waals surface area contributed by atoms with Crippen molar-refractivity contribution in [2.75, 3.05) is 32.7 Å². The van der Waals surface area contributed by atoms with Crippen LogP contribution >= 0.6 is 11.8 Å². The van der Waals surface area contributed by atoms with Crippen molar-refractivity contribution in [2.45, 2.75) is 30.4 Å². The molecule has 0 amide bonds. The number of hydrogen-bond acceptors (Lipinski definition) is 3. The van der Waals surface area contributed by atoms with Gasteiger partial charge in [0, 0.05) is 29.8 Å². The first-order valence-corrected chi connectivity index (χ1v) is 7.89. The molecule has 1 unspecified atom stereocenters. The van der Waals surface area contributed by atoms with Crippen LogP contribution in [0.1, 0.15) is 19.4 Å². The number of fused-ring (bicyclic) bond motifs is 1. The summed E-state index contributed by atoms with van der Waals surface area (Å²) in [6, 6.07) is 8.80. The van der Waals surface area contributed by atoms with Gasteiger partial charge in [-0.2, -0.15) is 0 Å². The molecule has 2 nitrogen and oxygen atoms in total. The Morgan fingerprint density at radius 3 is 2.78 bits per heavy atom. The van der Waals surface area contributed by atoms with Crippen LogP contribution in [0.5, 0.6) is 0 Å². The van der Waals surface area contributed by atoms with E-state index in [9.17, 15) is 0 Å². The number of hydrogen-bond donors (Lipinski definition) is 1. The zero-order chi connectivity index (χ0) is 12.8. The van der Waals surface area contributed by atoms with Crippen molar-refractivity contribution in [3.63, 3.8) is 0 Å². The average Bonchev–Trinajstić information content (AvgIpc) is 2.81. The molecule has 2 rings (SSSR count). The monoisotopic (exact) mass is 264 g/mol. The Balaban J connectivity index is 1.65. The van der Waals surface area contributed by atoms with Gasteiger partial charge in [-0.1, -0.05) is 32.0 Å². The van der Waals surface area contributed by atoms with Crippen molar-refractivity contribution in [1.29, 1.82) is 0 Å². The van der Waals surface area contributed by atoms with Crippen LogP contribution in [0.2, 0.25) is 0 Å². The number of nitrogens with one attached hydrogen (secondary N) is 1. The first kappa shape index (κ1) is 13.9. The second-order valence-corrected chi connectivity index (χ2v) is 6.12. The smallest absolute Gasteiger partial charge is 0.0260 e. The van der Waals surface area contributed by atoms with Gasteiger partial charge in [-0.25, -0.2) is 0 Å². The highest BCUT2D eigenvalue weighted by molar-refractivity contribution is 8.00. The van der Waals surface area contributed by atoms with E-state index in [4.69, 9.17) is 0 Å². The maximum Gasteiger partial charge on any atom is 0.0260 e. The summed E-state index contributed by atoms with van der Waals surface area (Å²) in [4.78, 5) is 3.94. The lowest BCUT2D eigenvalue weighted by Gasteiger charge is -2.18. The Bertz CT molecular complexity index is 338. The highest BCUT2D eigenvalue weighted by Crippen LogP contribution is 2.36. The fourth-order valence-electron chi connectivity index (χ4n) is 2.41. The van der Waals surface area contributed by atoms with E-state index < -0.39 is 0 Å². The number of nitrogens with zero attached hydrogens (tertiary/aromatic N) is 1. The first-order chi connectivity index (χ1) is 8.83. The summed E-state index contributed by atoms with van der Waals surface area (Å²) in [6.45, 7) is 10.2. The minimum absolute atomic E-state index is 0.721. The van der Waals surface area contributed by atoms with Crippen LogP contribution in [-0.4, -0.2) is 42.9 Å². The summed E-state index contributed by atoms with van der Waals surface area (Å²) < 4.78 is 0. The molecule has 1 aromatic carbocycles. The zero-order valence-electron chi connectivity index (χ0n) is 11.5. The van der Waals surface area contributed by atoms with E-state index in [-0.39, 0.29) is 0 Å². The molecule has 0 saturated heterocycles. The average molecular weight is 264 g/mol. The third kappa shape index (κ3) is 3.74. The van der Waals surface area contributed by atoms with Crippen LogP contribution in [0.3, 0.4) is 0 Å². The second-order valence-electron chi connectivity index (χ2n) is 4.78. The SMILES string of the molecule is CCN(CC)CCNCC1Cc2ccccc2S1. The predicted molar refractivity (Wildman–Crippen MR) is 80.4 cm³/mol. The number of rotatable bonds is 7. The summed E-state index contributed by atoms with van der Waals surface area (Å²) in [5.41, 5.74) is 1.53. The zero-order valence-corrected chi connectivity index (χ0v) is 12.3. The van der Waals surface area contributed by atoms with Crippen molar-refractivity contribution in [3.8, 4) is 0 Å². The maximum absolute atomic E-state index is 3.60. The molecule has 3 heteroatoms. The first-order valence-electron chi connectivity index (χ1n) is 7.01. The lowest BCUT2D eigenvalue weighted by Crippen LogP contribution is -2.34. The Hall–Kier alpha value is -0.510. The fraction of sp³-hybridized carbons (Fsp3) is 0.600. The van der Waals surface area contributed by atoms with Crippen LogP contribution in [0.15, 0.2) is 29.2 Å². The largest absolute Gasteiger partial charge is 0.314 e. The lowest BCUT2D eigenvalue weighted by atomic mass is 10.1. The predicted octanol–water partition coefficient (Wildman–Crippen LogP) is 2.63. The standard InChI is InChI=1S/C15H24N2S/c1-3-17(4-2)10-9-16-12-14-11-13-7-5-6-8-15(13)18-14/h5-8,14,16H,3-4,9-12H2,1-2H3. The summed E-state index contributed by atoms with van der Waals surface area (Å²) >= 11 is 2.03. The Morgan fingerprint density at radius 1 is 1.28 bits per heavy atom. The Labute approximate surface area is 115 Å². The quantitative estimate of drug-likeness (QED) is 0.762. The molecule has 100 valence electrons. The van der Waals surface area contributed by atoms with E-state index in [1.54, 1.807) is 0 Å². The van der Waals surface area contributed by atoms with E-state index in [1.807, 2.05) is 11.8 Å². The molecule has 1 heterocycles. The van der Waals surface area contributed by atoms with E-state index in [0.29, 0.717) is 0 Å². The molecule has 0 radical (unpaired) electrons. The topological polar surface area (TPSA) is 15.3 Å². The molecule has 0 bridgehead atoms. The molecule has 0 saturated carbocycles. The van der Waals surface area contributed by atoms with Gasteiger partial charge in [0.15, 0.2) is 0 Å². The van der Waals surface area contributed by atoms with Gasteiger partial charge >= 0.3 is 0 Å². The molecule has 1 atom stereocenters. The molecule has 0 aromatic heterocycles. The third-order valence-electron chi connectivity index (χ3n) is 3.59. The highest BCUT2D eigenvalue weighted by Gasteiger charge is 2.20. The van der Waals surface area contributed by atoms with Crippen molar-refractivity contribution < 1.29 is 0 Å². The minimum atomic E-state index is 0.721. The van der Waals surface area contributed by atoms with Crippen molar-refractivity contribution in [1.82, 2.24) is 10.2 Å². The maximum atomic E-state index is 3.60. The Kier molecular flexibility index (Phi) is 5.54. The van der Waals surface area contributed by atoms with E-state index >= 15 is 0 Å². The minimum Gasteiger partial charge on any atom is -0.314 e. The van der Waals surface area contributed by atoms with Gasteiger partial charge in [-0.3, -0.25) is 0 Å². The summed E-state index contributed by atoms with van der Waals surface area (Å²) in [6.07, 6.45) is 1.22. The van der Waals surface area contributed by atoms with Gasteiger partial charge in [-0.15, -0.1) is 11.8 Å². The lowest BCUT2D eigenvalue weighted by molar-refractivity contribution is 0.302. The molecule has 0 spiro atoms. The molecule has 0 fully saturated rings. The van der Waals surface area contributed by atoms with E-state index in [1.165, 1.54) is 16.9 Å². The van der Waals surface area contributed by atoms with Gasteiger partial charge < -0.3 is 10.2 Å². The second kappa shape index (κ2) is 7.17. The van der Waals surface area contributed by atoms with Crippen LogP contribution in [0, 0.1) is 0 Å². The van der Waals surface area contributed by atoms with Gasteiger partial charge in [0.2, 0.25) is 0 Å². The summed E-state index contributed by atoms with van der Waals surface area (Å²) in [5, 5.41) is 4.32. The number of thioether (sulfide) groups is 1. The van der Waals surface area contributed by atoms with Crippen molar-refractivity contribution in [2.24, 2.45) is 0 Å².